The summed E-state index contributed by atoms with van der Waals surface area (Å²) in [4.78, 5) is 24.5. The second-order valence-corrected chi connectivity index (χ2v) is 11.4. The lowest BCUT2D eigenvalue weighted by Gasteiger charge is -2.27. The van der Waals surface area contributed by atoms with Gasteiger partial charge in [0, 0.05) is 30.6 Å². The van der Waals surface area contributed by atoms with Gasteiger partial charge in [-0.05, 0) is 18.4 Å². The molecular weight excluding hydrogens is 569 g/mol. The predicted molar refractivity (Wildman–Crippen MR) is 150 cm³/mol. The molecule has 2 aromatic heterocycles. The van der Waals surface area contributed by atoms with Gasteiger partial charge in [0.1, 0.15) is 15.4 Å². The van der Waals surface area contributed by atoms with Gasteiger partial charge in [0.05, 0.1) is 18.9 Å². The van der Waals surface area contributed by atoms with Crippen LogP contribution in [0.25, 0.3) is 11.6 Å². The first kappa shape index (κ1) is 26.8. The minimum absolute atomic E-state index is 0.00340. The summed E-state index contributed by atoms with van der Waals surface area (Å²) >= 11 is 1.01. The lowest BCUT2D eigenvalue weighted by molar-refractivity contribution is -0.160. The van der Waals surface area contributed by atoms with E-state index in [4.69, 9.17) is 14.1 Å². The van der Waals surface area contributed by atoms with Crippen LogP contribution in [0.5, 0.6) is 0 Å². The van der Waals surface area contributed by atoms with Crippen molar-refractivity contribution < 1.29 is 27.1 Å². The van der Waals surface area contributed by atoms with Crippen LogP contribution in [0.2, 0.25) is 0 Å². The molecule has 0 spiro atoms. The van der Waals surface area contributed by atoms with Crippen molar-refractivity contribution in [2.45, 2.75) is 37.0 Å². The number of halogens is 3. The molecule has 1 N–H and O–H groups in total. The summed E-state index contributed by atoms with van der Waals surface area (Å²) in [7, 11) is 0. The van der Waals surface area contributed by atoms with Crippen molar-refractivity contribution in [2.75, 3.05) is 36.5 Å². The molecule has 42 heavy (non-hydrogen) atoms. The van der Waals surface area contributed by atoms with Gasteiger partial charge < -0.3 is 19.4 Å². The Kier molecular flexibility index (Phi) is 6.58. The van der Waals surface area contributed by atoms with Gasteiger partial charge in [0.2, 0.25) is 0 Å². The number of hydrogen-bond acceptors (Lipinski definition) is 10. The molecule has 0 amide bonds. The lowest BCUT2D eigenvalue weighted by Crippen LogP contribution is -2.36. The van der Waals surface area contributed by atoms with Crippen molar-refractivity contribution in [2.24, 2.45) is 4.99 Å². The van der Waals surface area contributed by atoms with Gasteiger partial charge in [0.25, 0.3) is 5.89 Å². The number of aliphatic imine (C=N–C) groups is 1. The summed E-state index contributed by atoms with van der Waals surface area (Å²) in [5, 5.41) is 11.7. The third kappa shape index (κ3) is 4.75. The molecule has 1 saturated heterocycles. The van der Waals surface area contributed by atoms with E-state index >= 15 is 0 Å². The van der Waals surface area contributed by atoms with Crippen LogP contribution >= 0.6 is 11.3 Å². The molecule has 1 aliphatic carbocycles. The second-order valence-electron chi connectivity index (χ2n) is 10.5. The third-order valence-corrected chi connectivity index (χ3v) is 9.07. The molecule has 4 heterocycles. The number of Topliss-reactive ketones (excluding diaryl/α,β-unsaturated/α-hetero) is 1. The average Bonchev–Trinajstić information content (AvgIpc) is 3.55. The number of aromatic nitrogens is 3. The standard InChI is InChI=1S/C29H25F3N6O3S/c30-29(31,32)28(10-11-28)26-34-22(25(42-26)38-12-14-40-15-13-38)24-36-37-27(41-24)35-23-20(39)16-18-8-4-5-9-19(18)21(33-23)17-6-2-1-3-7-17/h1-9,23H,10-16H2,(H,35,37)/t23-/m1/s1. The molecule has 2 fully saturated rings. The fourth-order valence-corrected chi connectivity index (χ4v) is 6.65. The molecule has 0 radical (unpaired) electrons. The fraction of sp³-hybridized carbons (Fsp3) is 0.345. The van der Waals surface area contributed by atoms with Gasteiger partial charge in [-0.3, -0.25) is 9.79 Å². The topological polar surface area (TPSA) is 106 Å². The summed E-state index contributed by atoms with van der Waals surface area (Å²) in [6.45, 7) is 1.89. The summed E-state index contributed by atoms with van der Waals surface area (Å²) in [5.74, 6) is -0.227. The number of rotatable bonds is 6. The van der Waals surface area contributed by atoms with E-state index in [1.807, 2.05) is 59.5 Å². The highest BCUT2D eigenvalue weighted by atomic mass is 32.1. The number of ketones is 1. The molecule has 13 heteroatoms. The number of benzene rings is 2. The Morgan fingerprint density at radius 2 is 1.74 bits per heavy atom. The first-order chi connectivity index (χ1) is 20.3. The molecule has 216 valence electrons. The third-order valence-electron chi connectivity index (χ3n) is 7.74. The zero-order valence-electron chi connectivity index (χ0n) is 22.2. The van der Waals surface area contributed by atoms with Crippen LogP contribution in [-0.2, 0) is 21.4 Å². The van der Waals surface area contributed by atoms with E-state index in [1.54, 1.807) is 0 Å². The van der Waals surface area contributed by atoms with Gasteiger partial charge in [-0.25, -0.2) is 4.98 Å². The fourth-order valence-electron chi connectivity index (χ4n) is 5.27. The van der Waals surface area contributed by atoms with E-state index in [0.717, 1.165) is 28.0 Å². The number of alkyl halides is 3. The number of nitrogens with one attached hydrogen (secondary N) is 1. The molecule has 4 aromatic rings. The SMILES string of the molecule is O=C1Cc2ccccc2C(c2ccccc2)=N[C@@H]1Nc1nnc(-c2nc(C3(C(F)(F)F)CC3)sc2N2CCOCC2)o1. The summed E-state index contributed by atoms with van der Waals surface area (Å²) in [6.07, 6.45) is -5.29. The minimum atomic E-state index is -4.40. The normalized spacial score (nSPS) is 20.1. The van der Waals surface area contributed by atoms with E-state index in [-0.39, 0.29) is 47.7 Å². The Labute approximate surface area is 242 Å². The Hall–Kier alpha value is -4.10. The summed E-state index contributed by atoms with van der Waals surface area (Å²) in [5.41, 5.74) is 1.46. The average molecular weight is 595 g/mol. The zero-order chi connectivity index (χ0) is 28.9. The largest absolute Gasteiger partial charge is 0.402 e. The molecule has 0 bridgehead atoms. The smallest absolute Gasteiger partial charge is 0.400 e. The maximum Gasteiger partial charge on any atom is 0.400 e. The van der Waals surface area contributed by atoms with E-state index in [0.29, 0.717) is 37.0 Å². The number of carbonyl (C=O) groups excluding carboxylic acids is 1. The van der Waals surface area contributed by atoms with Crippen LogP contribution in [-0.4, -0.2) is 65.3 Å². The lowest BCUT2D eigenvalue weighted by atomic mass is 9.96. The monoisotopic (exact) mass is 594 g/mol. The maximum atomic E-state index is 14.0. The van der Waals surface area contributed by atoms with Crippen molar-refractivity contribution in [3.05, 3.63) is 76.3 Å². The highest BCUT2D eigenvalue weighted by Crippen LogP contribution is 2.61. The van der Waals surface area contributed by atoms with E-state index < -0.39 is 17.8 Å². The van der Waals surface area contributed by atoms with Gasteiger partial charge in [-0.1, -0.05) is 71.0 Å². The van der Waals surface area contributed by atoms with Crippen molar-refractivity contribution in [3.63, 3.8) is 0 Å². The first-order valence-electron chi connectivity index (χ1n) is 13.6. The van der Waals surface area contributed by atoms with Gasteiger partial charge in [-0.15, -0.1) is 5.10 Å². The van der Waals surface area contributed by atoms with Crippen LogP contribution in [0.15, 0.2) is 64.0 Å². The van der Waals surface area contributed by atoms with E-state index in [1.165, 1.54) is 0 Å². The molecule has 3 aliphatic rings. The molecular formula is C29H25F3N6O3S. The van der Waals surface area contributed by atoms with Crippen LogP contribution in [0, 0.1) is 0 Å². The number of ether oxygens (including phenoxy) is 1. The second kappa shape index (κ2) is 10.3. The van der Waals surface area contributed by atoms with Crippen LogP contribution in [0.1, 0.15) is 34.5 Å². The van der Waals surface area contributed by atoms with Gasteiger partial charge >= 0.3 is 12.2 Å². The van der Waals surface area contributed by atoms with Crippen molar-refractivity contribution >= 4 is 33.8 Å². The maximum absolute atomic E-state index is 14.0. The number of morpholine rings is 1. The summed E-state index contributed by atoms with van der Waals surface area (Å²) in [6, 6.07) is 17.1. The molecule has 2 aliphatic heterocycles. The molecule has 7 rings (SSSR count). The number of thiazole rings is 1. The van der Waals surface area contributed by atoms with Crippen molar-refractivity contribution in [3.8, 4) is 11.6 Å². The molecule has 1 saturated carbocycles. The van der Waals surface area contributed by atoms with E-state index in [9.17, 15) is 18.0 Å². The highest BCUT2D eigenvalue weighted by Gasteiger charge is 2.66. The molecule has 2 aromatic carbocycles. The number of carbonyl (C=O) groups is 1. The molecule has 0 unspecified atom stereocenters. The quantitative estimate of drug-likeness (QED) is 0.332. The van der Waals surface area contributed by atoms with Crippen molar-refractivity contribution in [1.82, 2.24) is 15.2 Å². The Morgan fingerprint density at radius 3 is 2.48 bits per heavy atom. The number of fused-ring (bicyclic) bond motifs is 1. The predicted octanol–water partition coefficient (Wildman–Crippen LogP) is 5.02. The zero-order valence-corrected chi connectivity index (χ0v) is 23.0. The van der Waals surface area contributed by atoms with Gasteiger partial charge in [-0.2, -0.15) is 13.2 Å². The van der Waals surface area contributed by atoms with Crippen LogP contribution < -0.4 is 10.2 Å². The van der Waals surface area contributed by atoms with E-state index in [2.05, 4.69) is 20.5 Å². The number of anilines is 2. The highest BCUT2D eigenvalue weighted by molar-refractivity contribution is 7.16. The number of nitrogens with zero attached hydrogens (tertiary/aromatic N) is 5. The Bertz CT molecular complexity index is 1660. The first-order valence-corrected chi connectivity index (χ1v) is 14.4. The Morgan fingerprint density at radius 1 is 1.00 bits per heavy atom. The van der Waals surface area contributed by atoms with Crippen LogP contribution in [0.3, 0.4) is 0 Å². The molecule has 1 atom stereocenters. The minimum Gasteiger partial charge on any atom is -0.402 e. The number of hydrogen-bond donors (Lipinski definition) is 1. The Balaban J connectivity index is 1.23. The summed E-state index contributed by atoms with van der Waals surface area (Å²) < 4.78 is 53.3. The van der Waals surface area contributed by atoms with Crippen molar-refractivity contribution in [1.29, 1.82) is 0 Å². The van der Waals surface area contributed by atoms with Gasteiger partial charge in [0.15, 0.2) is 17.6 Å². The van der Waals surface area contributed by atoms with Crippen LogP contribution in [0.4, 0.5) is 24.2 Å². The molecule has 9 nitrogen and oxygen atoms in total.